The van der Waals surface area contributed by atoms with Crippen molar-refractivity contribution in [1.29, 1.82) is 0 Å². The summed E-state index contributed by atoms with van der Waals surface area (Å²) < 4.78 is 1.49. The predicted molar refractivity (Wildman–Crippen MR) is 64.2 cm³/mol. The normalized spacial score (nSPS) is 16.8. The van der Waals surface area contributed by atoms with Crippen molar-refractivity contribution < 1.29 is 0 Å². The lowest BCUT2D eigenvalue weighted by molar-refractivity contribution is 0.737. The van der Waals surface area contributed by atoms with E-state index in [0.717, 1.165) is 18.5 Å². The lowest BCUT2D eigenvalue weighted by Crippen LogP contribution is -2.22. The maximum atomic E-state index is 11.6. The van der Waals surface area contributed by atoms with Gasteiger partial charge in [0.2, 0.25) is 5.95 Å². The number of aromatic amines is 1. The molecule has 0 unspecified atom stereocenters. The molecule has 2 heterocycles. The maximum Gasteiger partial charge on any atom is 0.350 e. The number of hydrogen-bond donors (Lipinski definition) is 2. The molecule has 0 aromatic carbocycles. The van der Waals surface area contributed by atoms with E-state index in [1.54, 1.807) is 6.07 Å². The molecule has 2 aromatic heterocycles. The highest BCUT2D eigenvalue weighted by atomic mass is 16.1. The molecule has 0 amide bonds. The Morgan fingerprint density at radius 3 is 3.00 bits per heavy atom. The Kier molecular flexibility index (Phi) is 2.35. The number of H-pyrrole nitrogens is 1. The standard InChI is InChI=1S/C11H15N5O/c1-7-6-9-14-15-11(17)16(9)10(12-7)13-8-4-2-3-5-8/h6,8H,2-5H2,1H3,(H,12,13)(H,15,17). The second-order valence-corrected chi connectivity index (χ2v) is 4.57. The molecule has 0 spiro atoms. The summed E-state index contributed by atoms with van der Waals surface area (Å²) in [6, 6.07) is 2.21. The van der Waals surface area contributed by atoms with Crippen molar-refractivity contribution in [2.45, 2.75) is 38.6 Å². The molecular formula is C11H15N5O. The topological polar surface area (TPSA) is 75.1 Å². The molecule has 1 fully saturated rings. The van der Waals surface area contributed by atoms with Crippen LogP contribution in [0.4, 0.5) is 5.95 Å². The van der Waals surface area contributed by atoms with Crippen molar-refractivity contribution in [2.75, 3.05) is 5.32 Å². The van der Waals surface area contributed by atoms with Gasteiger partial charge in [0.1, 0.15) is 0 Å². The number of fused-ring (bicyclic) bond motifs is 1. The summed E-state index contributed by atoms with van der Waals surface area (Å²) in [6.45, 7) is 1.90. The van der Waals surface area contributed by atoms with Crippen LogP contribution in [-0.4, -0.2) is 25.6 Å². The summed E-state index contributed by atoms with van der Waals surface area (Å²) in [5.41, 5.74) is 1.23. The third-order valence-electron chi connectivity index (χ3n) is 3.22. The lowest BCUT2D eigenvalue weighted by Gasteiger charge is -2.13. The van der Waals surface area contributed by atoms with Gasteiger partial charge < -0.3 is 5.32 Å². The molecule has 1 aliphatic rings. The predicted octanol–water partition coefficient (Wildman–Crippen LogP) is 1.08. The highest BCUT2D eigenvalue weighted by Gasteiger charge is 2.17. The zero-order valence-electron chi connectivity index (χ0n) is 9.73. The molecule has 2 aromatic rings. The molecule has 0 radical (unpaired) electrons. The van der Waals surface area contributed by atoms with Gasteiger partial charge >= 0.3 is 5.69 Å². The van der Waals surface area contributed by atoms with Crippen LogP contribution in [0.25, 0.3) is 5.65 Å². The first kappa shape index (κ1) is 10.3. The molecule has 1 aliphatic carbocycles. The number of hydrogen-bond acceptors (Lipinski definition) is 4. The number of nitrogens with one attached hydrogen (secondary N) is 2. The summed E-state index contributed by atoms with van der Waals surface area (Å²) >= 11 is 0. The van der Waals surface area contributed by atoms with Gasteiger partial charge in [-0.05, 0) is 19.8 Å². The number of rotatable bonds is 2. The third-order valence-corrected chi connectivity index (χ3v) is 3.22. The van der Waals surface area contributed by atoms with Gasteiger partial charge in [-0.15, -0.1) is 0 Å². The zero-order valence-corrected chi connectivity index (χ0v) is 9.73. The minimum Gasteiger partial charge on any atom is -0.352 e. The molecule has 0 atom stereocenters. The fourth-order valence-electron chi connectivity index (χ4n) is 2.40. The molecule has 6 nitrogen and oxygen atoms in total. The van der Waals surface area contributed by atoms with Crippen molar-refractivity contribution in [3.63, 3.8) is 0 Å². The van der Waals surface area contributed by atoms with Gasteiger partial charge in [0.05, 0.1) is 0 Å². The maximum absolute atomic E-state index is 11.6. The van der Waals surface area contributed by atoms with E-state index in [-0.39, 0.29) is 5.69 Å². The van der Waals surface area contributed by atoms with E-state index in [4.69, 9.17) is 0 Å². The van der Waals surface area contributed by atoms with Crippen LogP contribution < -0.4 is 11.0 Å². The fourth-order valence-corrected chi connectivity index (χ4v) is 2.40. The molecule has 0 saturated heterocycles. The van der Waals surface area contributed by atoms with Crippen molar-refractivity contribution in [3.05, 3.63) is 22.2 Å². The average Bonchev–Trinajstić information content (AvgIpc) is 2.89. The van der Waals surface area contributed by atoms with Crippen LogP contribution in [0.2, 0.25) is 0 Å². The fraction of sp³-hybridized carbons (Fsp3) is 0.545. The summed E-state index contributed by atoms with van der Waals surface area (Å²) in [4.78, 5) is 16.0. The lowest BCUT2D eigenvalue weighted by atomic mass is 10.2. The van der Waals surface area contributed by atoms with Crippen molar-refractivity contribution in [2.24, 2.45) is 0 Å². The van der Waals surface area contributed by atoms with E-state index < -0.39 is 0 Å². The van der Waals surface area contributed by atoms with E-state index in [1.165, 1.54) is 17.2 Å². The Hall–Kier alpha value is -1.85. The van der Waals surface area contributed by atoms with Gasteiger partial charge in [0.25, 0.3) is 0 Å². The van der Waals surface area contributed by atoms with E-state index in [9.17, 15) is 4.79 Å². The highest BCUT2D eigenvalue weighted by Crippen LogP contribution is 2.21. The number of nitrogens with zero attached hydrogens (tertiary/aromatic N) is 3. The first-order chi connectivity index (χ1) is 8.24. The second kappa shape index (κ2) is 3.87. The molecule has 0 aliphatic heterocycles. The van der Waals surface area contributed by atoms with Crippen LogP contribution in [0.15, 0.2) is 10.9 Å². The van der Waals surface area contributed by atoms with Crippen LogP contribution in [0.5, 0.6) is 0 Å². The Labute approximate surface area is 98.1 Å². The summed E-state index contributed by atoms with van der Waals surface area (Å²) in [6.07, 6.45) is 4.77. The summed E-state index contributed by atoms with van der Waals surface area (Å²) in [7, 11) is 0. The van der Waals surface area contributed by atoms with E-state index in [2.05, 4.69) is 20.5 Å². The van der Waals surface area contributed by atoms with E-state index in [0.29, 0.717) is 17.6 Å². The van der Waals surface area contributed by atoms with Crippen molar-refractivity contribution in [3.8, 4) is 0 Å². The molecule has 0 bridgehead atoms. The Morgan fingerprint density at radius 1 is 1.47 bits per heavy atom. The average molecular weight is 233 g/mol. The van der Waals surface area contributed by atoms with Gasteiger partial charge in [0, 0.05) is 17.8 Å². The van der Waals surface area contributed by atoms with Gasteiger partial charge in [-0.2, -0.15) is 5.10 Å². The van der Waals surface area contributed by atoms with E-state index in [1.807, 2.05) is 6.92 Å². The third kappa shape index (κ3) is 1.79. The molecule has 2 N–H and O–H groups in total. The minimum absolute atomic E-state index is 0.243. The highest BCUT2D eigenvalue weighted by molar-refractivity contribution is 5.46. The monoisotopic (exact) mass is 233 g/mol. The molecule has 6 heteroatoms. The summed E-state index contributed by atoms with van der Waals surface area (Å²) in [5, 5.41) is 9.75. The first-order valence-electron chi connectivity index (χ1n) is 5.95. The number of anilines is 1. The SMILES string of the molecule is Cc1cc2n[nH]c(=O)n2c(NC2CCCC2)n1. The van der Waals surface area contributed by atoms with Crippen LogP contribution in [0.3, 0.4) is 0 Å². The van der Waals surface area contributed by atoms with Gasteiger partial charge in [0.15, 0.2) is 5.65 Å². The van der Waals surface area contributed by atoms with Gasteiger partial charge in [-0.25, -0.2) is 19.3 Å². The van der Waals surface area contributed by atoms with Crippen LogP contribution in [0.1, 0.15) is 31.4 Å². The van der Waals surface area contributed by atoms with Crippen LogP contribution in [-0.2, 0) is 0 Å². The zero-order chi connectivity index (χ0) is 11.8. The molecular weight excluding hydrogens is 218 g/mol. The minimum atomic E-state index is -0.243. The quantitative estimate of drug-likeness (QED) is 0.814. The van der Waals surface area contributed by atoms with E-state index >= 15 is 0 Å². The van der Waals surface area contributed by atoms with Crippen LogP contribution >= 0.6 is 0 Å². The largest absolute Gasteiger partial charge is 0.352 e. The second-order valence-electron chi connectivity index (χ2n) is 4.57. The molecule has 90 valence electrons. The van der Waals surface area contributed by atoms with Crippen molar-refractivity contribution >= 4 is 11.6 Å². The van der Waals surface area contributed by atoms with Crippen molar-refractivity contribution in [1.82, 2.24) is 19.6 Å². The number of aryl methyl sites for hydroxylation is 1. The van der Waals surface area contributed by atoms with Gasteiger partial charge in [-0.3, -0.25) is 0 Å². The first-order valence-corrected chi connectivity index (χ1v) is 5.95. The Balaban J connectivity index is 2.06. The van der Waals surface area contributed by atoms with Crippen LogP contribution in [0, 0.1) is 6.92 Å². The molecule has 3 rings (SSSR count). The Bertz CT molecular complexity index is 593. The Morgan fingerprint density at radius 2 is 2.24 bits per heavy atom. The van der Waals surface area contributed by atoms with Gasteiger partial charge in [-0.1, -0.05) is 12.8 Å². The summed E-state index contributed by atoms with van der Waals surface area (Å²) in [5.74, 6) is 0.602. The molecule has 17 heavy (non-hydrogen) atoms. The number of aromatic nitrogens is 4. The smallest absolute Gasteiger partial charge is 0.350 e. The molecule has 1 saturated carbocycles.